The minimum absolute atomic E-state index is 0.00442. The van der Waals surface area contributed by atoms with Crippen LogP contribution in [0.5, 0.6) is 0 Å². The number of primary amides is 1. The van der Waals surface area contributed by atoms with Crippen LogP contribution in [0.4, 0.5) is 4.79 Å². The lowest BCUT2D eigenvalue weighted by molar-refractivity contribution is -0.122. The third kappa shape index (κ3) is 8.83. The maximum Gasteiger partial charge on any atom is 0.312 e. The SMILES string of the molecule is CN(C)C[C@@H](NC(=O)CCCCCNC(N)=O)c1ccccc1. The molecule has 23 heavy (non-hydrogen) atoms. The summed E-state index contributed by atoms with van der Waals surface area (Å²) in [7, 11) is 3.99. The number of hydrogen-bond donors (Lipinski definition) is 3. The molecule has 0 aliphatic heterocycles. The van der Waals surface area contributed by atoms with E-state index >= 15 is 0 Å². The molecule has 3 amide bonds. The second-order valence-corrected chi connectivity index (χ2v) is 5.89. The van der Waals surface area contributed by atoms with Crippen LogP contribution in [0, 0.1) is 0 Å². The van der Waals surface area contributed by atoms with Gasteiger partial charge in [-0.05, 0) is 32.5 Å². The number of urea groups is 1. The molecule has 0 aliphatic rings. The van der Waals surface area contributed by atoms with Crippen LogP contribution in [0.25, 0.3) is 0 Å². The molecule has 4 N–H and O–H groups in total. The molecule has 0 heterocycles. The number of carbonyl (C=O) groups excluding carboxylic acids is 2. The molecule has 6 heteroatoms. The van der Waals surface area contributed by atoms with Crippen LogP contribution >= 0.6 is 0 Å². The number of amides is 3. The van der Waals surface area contributed by atoms with Gasteiger partial charge < -0.3 is 21.3 Å². The summed E-state index contributed by atoms with van der Waals surface area (Å²) >= 11 is 0. The van der Waals surface area contributed by atoms with E-state index in [2.05, 4.69) is 15.5 Å². The Morgan fingerprint density at radius 2 is 1.83 bits per heavy atom. The van der Waals surface area contributed by atoms with E-state index in [-0.39, 0.29) is 11.9 Å². The molecular weight excluding hydrogens is 292 g/mol. The fourth-order valence-electron chi connectivity index (χ4n) is 2.35. The van der Waals surface area contributed by atoms with Crippen LogP contribution in [0.15, 0.2) is 30.3 Å². The molecule has 0 saturated carbocycles. The highest BCUT2D eigenvalue weighted by Crippen LogP contribution is 2.14. The lowest BCUT2D eigenvalue weighted by atomic mass is 10.1. The van der Waals surface area contributed by atoms with Gasteiger partial charge in [-0.3, -0.25) is 4.79 Å². The van der Waals surface area contributed by atoms with E-state index in [0.29, 0.717) is 13.0 Å². The summed E-state index contributed by atoms with van der Waals surface area (Å²) in [5.74, 6) is 0.0589. The van der Waals surface area contributed by atoms with Crippen molar-refractivity contribution in [3.05, 3.63) is 35.9 Å². The Hall–Kier alpha value is -2.08. The average Bonchev–Trinajstić information content (AvgIpc) is 2.50. The maximum atomic E-state index is 12.1. The number of unbranched alkanes of at least 4 members (excludes halogenated alkanes) is 2. The van der Waals surface area contributed by atoms with Gasteiger partial charge in [0.15, 0.2) is 0 Å². The van der Waals surface area contributed by atoms with Gasteiger partial charge in [0.05, 0.1) is 6.04 Å². The number of benzene rings is 1. The second kappa shape index (κ2) is 10.6. The molecule has 1 aromatic rings. The third-order valence-electron chi connectivity index (χ3n) is 3.46. The smallest absolute Gasteiger partial charge is 0.312 e. The molecule has 0 fully saturated rings. The Morgan fingerprint density at radius 3 is 2.43 bits per heavy atom. The van der Waals surface area contributed by atoms with Gasteiger partial charge in [-0.2, -0.15) is 0 Å². The summed E-state index contributed by atoms with van der Waals surface area (Å²) in [5, 5.41) is 5.65. The fourth-order valence-corrected chi connectivity index (χ4v) is 2.35. The van der Waals surface area contributed by atoms with E-state index in [1.54, 1.807) is 0 Å². The molecule has 0 aliphatic carbocycles. The molecule has 1 rings (SSSR count). The van der Waals surface area contributed by atoms with Crippen molar-refractivity contribution in [3.63, 3.8) is 0 Å². The van der Waals surface area contributed by atoms with Crippen molar-refractivity contribution < 1.29 is 9.59 Å². The van der Waals surface area contributed by atoms with Gasteiger partial charge in [0, 0.05) is 19.5 Å². The first kappa shape index (κ1) is 19.0. The summed E-state index contributed by atoms with van der Waals surface area (Å²) < 4.78 is 0. The van der Waals surface area contributed by atoms with Gasteiger partial charge in [0.2, 0.25) is 5.91 Å². The Bertz CT molecular complexity index is 477. The summed E-state index contributed by atoms with van der Waals surface area (Å²) in [4.78, 5) is 24.7. The van der Waals surface area contributed by atoms with Crippen LogP contribution in [0.3, 0.4) is 0 Å². The van der Waals surface area contributed by atoms with Crippen LogP contribution in [0.2, 0.25) is 0 Å². The number of hydrogen-bond acceptors (Lipinski definition) is 3. The van der Waals surface area contributed by atoms with E-state index in [1.807, 2.05) is 44.4 Å². The standard InChI is InChI=1S/C17H28N4O2/c1-21(2)13-15(14-9-5-3-6-10-14)20-16(22)11-7-4-8-12-19-17(18)23/h3,5-6,9-10,15H,4,7-8,11-13H2,1-2H3,(H,20,22)(H3,18,19,23)/t15-/m1/s1. The van der Waals surface area contributed by atoms with Crippen LogP contribution in [-0.2, 0) is 4.79 Å². The Labute approximate surface area is 138 Å². The van der Waals surface area contributed by atoms with Crippen molar-refractivity contribution in [2.75, 3.05) is 27.2 Å². The van der Waals surface area contributed by atoms with Crippen molar-refractivity contribution >= 4 is 11.9 Å². The Balaban J connectivity index is 2.35. The normalized spacial score (nSPS) is 12.0. The molecule has 1 aromatic carbocycles. The predicted octanol–water partition coefficient (Wildman–Crippen LogP) is 1.63. The molecule has 0 radical (unpaired) electrons. The van der Waals surface area contributed by atoms with Crippen LogP contribution in [-0.4, -0.2) is 44.0 Å². The first-order chi connectivity index (χ1) is 11.0. The number of nitrogens with one attached hydrogen (secondary N) is 2. The zero-order valence-electron chi connectivity index (χ0n) is 14.0. The number of nitrogens with zero attached hydrogens (tertiary/aromatic N) is 1. The Kier molecular flexibility index (Phi) is 8.75. The van der Waals surface area contributed by atoms with E-state index < -0.39 is 6.03 Å². The zero-order valence-corrected chi connectivity index (χ0v) is 14.0. The molecule has 0 spiro atoms. The first-order valence-corrected chi connectivity index (χ1v) is 8.01. The van der Waals surface area contributed by atoms with E-state index in [4.69, 9.17) is 5.73 Å². The highest BCUT2D eigenvalue weighted by molar-refractivity contribution is 5.76. The highest BCUT2D eigenvalue weighted by Gasteiger charge is 2.14. The quantitative estimate of drug-likeness (QED) is 0.573. The van der Waals surface area contributed by atoms with E-state index in [9.17, 15) is 9.59 Å². The van der Waals surface area contributed by atoms with Gasteiger partial charge in [-0.25, -0.2) is 4.79 Å². The molecule has 128 valence electrons. The third-order valence-corrected chi connectivity index (χ3v) is 3.46. The monoisotopic (exact) mass is 320 g/mol. The molecule has 0 aromatic heterocycles. The molecule has 0 bridgehead atoms. The van der Waals surface area contributed by atoms with Crippen molar-refractivity contribution in [1.29, 1.82) is 0 Å². The van der Waals surface area contributed by atoms with Gasteiger partial charge in [-0.15, -0.1) is 0 Å². The van der Waals surface area contributed by atoms with Crippen molar-refractivity contribution in [2.24, 2.45) is 5.73 Å². The predicted molar refractivity (Wildman–Crippen MR) is 91.9 cm³/mol. The summed E-state index contributed by atoms with van der Waals surface area (Å²) in [5.41, 5.74) is 6.10. The minimum atomic E-state index is -0.503. The molecular formula is C17H28N4O2. The number of carbonyl (C=O) groups is 2. The molecule has 1 atom stereocenters. The van der Waals surface area contributed by atoms with Gasteiger partial charge in [0.1, 0.15) is 0 Å². The maximum absolute atomic E-state index is 12.1. The zero-order chi connectivity index (χ0) is 17.1. The molecule has 0 saturated heterocycles. The first-order valence-electron chi connectivity index (χ1n) is 8.01. The van der Waals surface area contributed by atoms with E-state index in [0.717, 1.165) is 31.4 Å². The van der Waals surface area contributed by atoms with Gasteiger partial charge in [-0.1, -0.05) is 36.8 Å². The van der Waals surface area contributed by atoms with Gasteiger partial charge >= 0.3 is 6.03 Å². The summed E-state index contributed by atoms with van der Waals surface area (Å²) in [6.45, 7) is 1.32. The lowest BCUT2D eigenvalue weighted by Gasteiger charge is -2.23. The Morgan fingerprint density at radius 1 is 1.13 bits per heavy atom. The van der Waals surface area contributed by atoms with Crippen LogP contribution in [0.1, 0.15) is 37.3 Å². The molecule has 6 nitrogen and oxygen atoms in total. The number of nitrogens with two attached hydrogens (primary N) is 1. The van der Waals surface area contributed by atoms with Gasteiger partial charge in [0.25, 0.3) is 0 Å². The second-order valence-electron chi connectivity index (χ2n) is 5.89. The van der Waals surface area contributed by atoms with Crippen LogP contribution < -0.4 is 16.4 Å². The summed E-state index contributed by atoms with van der Waals surface area (Å²) in [6, 6.07) is 9.49. The lowest BCUT2D eigenvalue weighted by Crippen LogP contribution is -2.35. The number of rotatable bonds is 10. The fraction of sp³-hybridized carbons (Fsp3) is 0.529. The largest absolute Gasteiger partial charge is 0.352 e. The molecule has 0 unspecified atom stereocenters. The number of likely N-dealkylation sites (N-methyl/N-ethyl adjacent to an activating group) is 1. The minimum Gasteiger partial charge on any atom is -0.352 e. The summed E-state index contributed by atoms with van der Waals surface area (Å²) in [6.07, 6.45) is 3.01. The highest BCUT2D eigenvalue weighted by atomic mass is 16.2. The van der Waals surface area contributed by atoms with E-state index in [1.165, 1.54) is 0 Å². The topological polar surface area (TPSA) is 87.5 Å². The van der Waals surface area contributed by atoms with Crippen molar-refractivity contribution in [1.82, 2.24) is 15.5 Å². The van der Waals surface area contributed by atoms with Crippen molar-refractivity contribution in [3.8, 4) is 0 Å². The van der Waals surface area contributed by atoms with Crippen molar-refractivity contribution in [2.45, 2.75) is 31.7 Å². The average molecular weight is 320 g/mol.